The Morgan fingerprint density at radius 3 is 2.54 bits per heavy atom. The van der Waals surface area contributed by atoms with Crippen molar-refractivity contribution in [2.75, 3.05) is 5.75 Å². The molecule has 0 spiro atoms. The molecule has 0 atom stereocenters. The van der Waals surface area contributed by atoms with Crippen LogP contribution in [0.2, 0.25) is 0 Å². The summed E-state index contributed by atoms with van der Waals surface area (Å²) >= 11 is 1.33. The smallest absolute Gasteiger partial charge is 0.251 e. The van der Waals surface area contributed by atoms with Gasteiger partial charge in [0, 0.05) is 17.0 Å². The number of amides is 2. The minimum absolute atomic E-state index is 0.137. The molecule has 2 amide bonds. The highest BCUT2D eigenvalue weighted by atomic mass is 32.2. The topological polar surface area (TPSA) is 71.3 Å². The van der Waals surface area contributed by atoms with Crippen LogP contribution in [0.4, 0.5) is 4.39 Å². The molecule has 0 aliphatic heterocycles. The van der Waals surface area contributed by atoms with Gasteiger partial charge in [0.1, 0.15) is 11.6 Å². The Labute approximate surface area is 166 Å². The molecule has 0 aliphatic rings. The number of carbonyl (C=O) groups is 2. The Morgan fingerprint density at radius 1 is 0.964 bits per heavy atom. The number of halogens is 1. The number of thioether (sulfide) groups is 1. The van der Waals surface area contributed by atoms with Gasteiger partial charge in [0.25, 0.3) is 5.91 Å². The largest absolute Gasteiger partial charge is 0.467 e. The summed E-state index contributed by atoms with van der Waals surface area (Å²) in [5.41, 5.74) is 1.34. The average molecular weight is 398 g/mol. The standard InChI is InChI=1S/C21H19FN2O3S/c22-17-6-8-19(9-7-17)28-14-20(25)23-12-15-3-1-4-16(11-15)21(26)24-13-18-5-2-10-27-18/h1-11H,12-14H2,(H,23,25)(H,24,26). The molecule has 144 valence electrons. The molecule has 28 heavy (non-hydrogen) atoms. The van der Waals surface area contributed by atoms with Gasteiger partial charge in [-0.2, -0.15) is 0 Å². The fourth-order valence-electron chi connectivity index (χ4n) is 2.44. The molecule has 0 saturated carbocycles. The zero-order chi connectivity index (χ0) is 19.8. The summed E-state index contributed by atoms with van der Waals surface area (Å²) in [4.78, 5) is 25.1. The second-order valence-electron chi connectivity index (χ2n) is 5.98. The highest BCUT2D eigenvalue weighted by Gasteiger charge is 2.08. The van der Waals surface area contributed by atoms with Crippen LogP contribution in [-0.2, 0) is 17.9 Å². The van der Waals surface area contributed by atoms with Crippen molar-refractivity contribution in [2.45, 2.75) is 18.0 Å². The van der Waals surface area contributed by atoms with Crippen molar-refractivity contribution < 1.29 is 18.4 Å². The van der Waals surface area contributed by atoms with E-state index < -0.39 is 0 Å². The summed E-state index contributed by atoms with van der Waals surface area (Å²) in [6.07, 6.45) is 1.55. The molecule has 0 radical (unpaired) electrons. The molecule has 0 aliphatic carbocycles. The van der Waals surface area contributed by atoms with E-state index in [-0.39, 0.29) is 23.4 Å². The number of nitrogens with one attached hydrogen (secondary N) is 2. The van der Waals surface area contributed by atoms with Crippen molar-refractivity contribution in [3.8, 4) is 0 Å². The molecule has 0 saturated heterocycles. The number of rotatable bonds is 8. The summed E-state index contributed by atoms with van der Waals surface area (Å²) in [5.74, 6) is 0.255. The number of hydrogen-bond donors (Lipinski definition) is 2. The Bertz CT molecular complexity index is 927. The molecule has 2 N–H and O–H groups in total. The van der Waals surface area contributed by atoms with Crippen LogP contribution in [0.5, 0.6) is 0 Å². The van der Waals surface area contributed by atoms with Gasteiger partial charge in [-0.1, -0.05) is 12.1 Å². The first-order chi connectivity index (χ1) is 13.6. The van der Waals surface area contributed by atoms with Crippen molar-refractivity contribution in [3.05, 3.63) is 89.6 Å². The molecule has 0 unspecified atom stereocenters. The van der Waals surface area contributed by atoms with Crippen LogP contribution in [0.1, 0.15) is 21.7 Å². The van der Waals surface area contributed by atoms with Crippen LogP contribution in [0.3, 0.4) is 0 Å². The van der Waals surface area contributed by atoms with Gasteiger partial charge in [-0.25, -0.2) is 4.39 Å². The molecule has 0 fully saturated rings. The van der Waals surface area contributed by atoms with E-state index in [1.807, 2.05) is 6.07 Å². The number of carbonyl (C=O) groups excluding carboxylic acids is 2. The van der Waals surface area contributed by atoms with Crippen molar-refractivity contribution >= 4 is 23.6 Å². The summed E-state index contributed by atoms with van der Waals surface area (Å²) < 4.78 is 18.1. The molecule has 2 aromatic carbocycles. The molecule has 5 nitrogen and oxygen atoms in total. The van der Waals surface area contributed by atoms with E-state index in [1.54, 1.807) is 48.7 Å². The first-order valence-electron chi connectivity index (χ1n) is 8.65. The zero-order valence-electron chi connectivity index (χ0n) is 15.0. The first kappa shape index (κ1) is 19.7. The molecule has 0 bridgehead atoms. The van der Waals surface area contributed by atoms with Gasteiger partial charge in [0.15, 0.2) is 0 Å². The first-order valence-corrected chi connectivity index (χ1v) is 9.63. The minimum atomic E-state index is -0.304. The highest BCUT2D eigenvalue weighted by molar-refractivity contribution is 8.00. The van der Waals surface area contributed by atoms with E-state index in [1.165, 1.54) is 23.9 Å². The van der Waals surface area contributed by atoms with Gasteiger partial charge in [-0.05, 0) is 54.1 Å². The molecular weight excluding hydrogens is 379 g/mol. The molecule has 1 heterocycles. The van der Waals surface area contributed by atoms with Gasteiger partial charge in [0.2, 0.25) is 5.91 Å². The maximum atomic E-state index is 12.9. The fourth-order valence-corrected chi connectivity index (χ4v) is 3.16. The fraction of sp³-hybridized carbons (Fsp3) is 0.143. The third-order valence-corrected chi connectivity index (χ3v) is 4.88. The quantitative estimate of drug-likeness (QED) is 0.567. The van der Waals surface area contributed by atoms with Crippen molar-refractivity contribution in [3.63, 3.8) is 0 Å². The SMILES string of the molecule is O=C(CSc1ccc(F)cc1)NCc1cccc(C(=O)NCc2ccco2)c1. The van der Waals surface area contributed by atoms with Crippen LogP contribution >= 0.6 is 11.8 Å². The van der Waals surface area contributed by atoms with Crippen molar-refractivity contribution in [1.29, 1.82) is 0 Å². The maximum Gasteiger partial charge on any atom is 0.251 e. The molecule has 7 heteroatoms. The lowest BCUT2D eigenvalue weighted by atomic mass is 10.1. The lowest BCUT2D eigenvalue weighted by Crippen LogP contribution is -2.25. The highest BCUT2D eigenvalue weighted by Crippen LogP contribution is 2.17. The third kappa shape index (κ3) is 5.99. The van der Waals surface area contributed by atoms with Gasteiger partial charge in [0.05, 0.1) is 18.6 Å². The van der Waals surface area contributed by atoms with Gasteiger partial charge in [-0.3, -0.25) is 9.59 Å². The predicted octanol–water partition coefficient (Wildman–Crippen LogP) is 3.76. The van der Waals surface area contributed by atoms with E-state index in [0.717, 1.165) is 10.5 Å². The van der Waals surface area contributed by atoms with Gasteiger partial charge < -0.3 is 15.1 Å². The summed E-state index contributed by atoms with van der Waals surface area (Å²) in [6, 6.07) is 16.6. The van der Waals surface area contributed by atoms with E-state index in [9.17, 15) is 14.0 Å². The zero-order valence-corrected chi connectivity index (χ0v) is 15.8. The number of hydrogen-bond acceptors (Lipinski definition) is 4. The second kappa shape index (κ2) is 9.75. The van der Waals surface area contributed by atoms with E-state index >= 15 is 0 Å². The Hall–Kier alpha value is -3.06. The van der Waals surface area contributed by atoms with Crippen LogP contribution in [0, 0.1) is 5.82 Å². The Morgan fingerprint density at radius 2 is 1.79 bits per heavy atom. The normalized spacial score (nSPS) is 10.5. The second-order valence-corrected chi connectivity index (χ2v) is 7.03. The molecule has 3 aromatic rings. The van der Waals surface area contributed by atoms with E-state index in [2.05, 4.69) is 10.6 Å². The monoisotopic (exact) mass is 398 g/mol. The van der Waals surface area contributed by atoms with Crippen LogP contribution in [0.25, 0.3) is 0 Å². The average Bonchev–Trinajstić information content (AvgIpc) is 3.24. The maximum absolute atomic E-state index is 12.9. The van der Waals surface area contributed by atoms with Crippen LogP contribution in [0.15, 0.2) is 76.2 Å². The summed E-state index contributed by atoms with van der Waals surface area (Å²) in [6.45, 7) is 0.634. The molecule has 1 aromatic heterocycles. The number of benzene rings is 2. The Balaban J connectivity index is 1.46. The summed E-state index contributed by atoms with van der Waals surface area (Å²) in [5, 5.41) is 5.61. The summed E-state index contributed by atoms with van der Waals surface area (Å²) in [7, 11) is 0. The number of furan rings is 1. The Kier molecular flexibility index (Phi) is 6.86. The lowest BCUT2D eigenvalue weighted by molar-refractivity contribution is -0.118. The van der Waals surface area contributed by atoms with E-state index in [0.29, 0.717) is 24.4 Å². The molecular formula is C21H19FN2O3S. The van der Waals surface area contributed by atoms with Crippen LogP contribution < -0.4 is 10.6 Å². The van der Waals surface area contributed by atoms with Crippen LogP contribution in [-0.4, -0.2) is 17.6 Å². The lowest BCUT2D eigenvalue weighted by Gasteiger charge is -2.08. The van der Waals surface area contributed by atoms with Gasteiger partial charge >= 0.3 is 0 Å². The minimum Gasteiger partial charge on any atom is -0.467 e. The van der Waals surface area contributed by atoms with Gasteiger partial charge in [-0.15, -0.1) is 11.8 Å². The molecule has 3 rings (SSSR count). The predicted molar refractivity (Wildman–Crippen MR) is 105 cm³/mol. The van der Waals surface area contributed by atoms with Crippen molar-refractivity contribution in [1.82, 2.24) is 10.6 Å². The van der Waals surface area contributed by atoms with E-state index in [4.69, 9.17) is 4.42 Å². The third-order valence-electron chi connectivity index (χ3n) is 3.87. The van der Waals surface area contributed by atoms with Crippen molar-refractivity contribution in [2.24, 2.45) is 0 Å².